The van der Waals surface area contributed by atoms with Gasteiger partial charge in [-0.3, -0.25) is 19.3 Å². The summed E-state index contributed by atoms with van der Waals surface area (Å²) in [5.74, 6) is -3.06. The molecule has 2 aromatic carbocycles. The molecule has 0 bridgehead atoms. The van der Waals surface area contributed by atoms with Crippen LogP contribution in [-0.2, 0) is 30.3 Å². The Morgan fingerprint density at radius 3 is 2.35 bits per heavy atom. The van der Waals surface area contributed by atoms with Crippen LogP contribution in [0, 0.1) is 0 Å². The highest BCUT2D eigenvalue weighted by atomic mass is 35.5. The molecule has 1 aromatic heterocycles. The quantitative estimate of drug-likeness (QED) is 0.341. The maximum absolute atomic E-state index is 13.4. The molecule has 0 radical (unpaired) electrons. The molecule has 2 saturated heterocycles. The molecule has 1 aliphatic carbocycles. The zero-order valence-corrected chi connectivity index (χ0v) is 26.2. The Labute approximate surface area is 270 Å². The second-order valence-corrected chi connectivity index (χ2v) is 12.2. The summed E-state index contributed by atoms with van der Waals surface area (Å²) < 4.78 is 7.29. The average molecular weight is 651 g/mol. The molecular formula is C31H35ClN8O6. The van der Waals surface area contributed by atoms with Crippen LogP contribution in [0.15, 0.2) is 48.8 Å². The van der Waals surface area contributed by atoms with Crippen LogP contribution in [0.5, 0.6) is 0 Å². The highest BCUT2D eigenvalue weighted by Gasteiger charge is 2.43. The predicted molar refractivity (Wildman–Crippen MR) is 167 cm³/mol. The predicted octanol–water partition coefficient (Wildman–Crippen LogP) is 2.14. The third kappa shape index (κ3) is 6.07. The van der Waals surface area contributed by atoms with Gasteiger partial charge in [0.05, 0.1) is 17.9 Å². The number of anilines is 2. The van der Waals surface area contributed by atoms with Gasteiger partial charge >= 0.3 is 17.8 Å². The number of ether oxygens (including phenoxy) is 1. The van der Waals surface area contributed by atoms with E-state index in [1.165, 1.54) is 28.4 Å². The van der Waals surface area contributed by atoms with Gasteiger partial charge in [-0.15, -0.1) is 5.10 Å². The Morgan fingerprint density at radius 1 is 0.957 bits per heavy atom. The molecule has 242 valence electrons. The number of nitrogens with zero attached hydrogens (tertiary/aromatic N) is 8. The van der Waals surface area contributed by atoms with E-state index in [2.05, 4.69) is 20.4 Å². The molecule has 1 saturated carbocycles. The second-order valence-electron chi connectivity index (χ2n) is 11.7. The van der Waals surface area contributed by atoms with E-state index in [0.29, 0.717) is 35.1 Å². The average Bonchev–Trinajstić information content (AvgIpc) is 3.61. The minimum absolute atomic E-state index is 0.0110. The third-order valence-electron chi connectivity index (χ3n) is 9.23. The summed E-state index contributed by atoms with van der Waals surface area (Å²) in [7, 11) is 1.72. The number of carbonyl (C=O) groups is 4. The molecule has 2 aliphatic heterocycles. The summed E-state index contributed by atoms with van der Waals surface area (Å²) in [6.07, 6.45) is 6.53. The zero-order valence-electron chi connectivity index (χ0n) is 25.4. The van der Waals surface area contributed by atoms with Gasteiger partial charge in [0.2, 0.25) is 5.91 Å². The maximum Gasteiger partial charge on any atom is 0.326 e. The molecule has 1 atom stereocenters. The van der Waals surface area contributed by atoms with Gasteiger partial charge in [-0.25, -0.2) is 4.79 Å². The van der Waals surface area contributed by atoms with Crippen LogP contribution < -0.4 is 9.80 Å². The van der Waals surface area contributed by atoms with Crippen molar-refractivity contribution in [3.63, 3.8) is 0 Å². The van der Waals surface area contributed by atoms with Crippen molar-refractivity contribution in [2.45, 2.75) is 50.3 Å². The van der Waals surface area contributed by atoms with E-state index in [0.717, 1.165) is 36.3 Å². The van der Waals surface area contributed by atoms with E-state index in [4.69, 9.17) is 16.3 Å². The molecule has 0 spiro atoms. The molecule has 3 aromatic rings. The first-order valence-corrected chi connectivity index (χ1v) is 15.7. The van der Waals surface area contributed by atoms with Gasteiger partial charge in [-0.1, -0.05) is 30.2 Å². The number of carbonyl (C=O) groups excluding carboxylic acids is 3. The molecule has 1 N–H and O–H groups in total. The lowest BCUT2D eigenvalue weighted by Gasteiger charge is -2.48. The van der Waals surface area contributed by atoms with E-state index >= 15 is 0 Å². The normalized spacial score (nSPS) is 19.9. The van der Waals surface area contributed by atoms with Crippen molar-refractivity contribution in [3.05, 3.63) is 59.4 Å². The number of carboxylic acids is 1. The lowest BCUT2D eigenvalue weighted by Crippen LogP contribution is -2.60. The van der Waals surface area contributed by atoms with Crippen LogP contribution in [0.3, 0.4) is 0 Å². The first kappa shape index (κ1) is 31.6. The summed E-state index contributed by atoms with van der Waals surface area (Å²) in [4.78, 5) is 58.6. The molecule has 3 fully saturated rings. The van der Waals surface area contributed by atoms with Gasteiger partial charge in [-0.05, 0) is 72.0 Å². The first-order valence-electron chi connectivity index (χ1n) is 15.3. The van der Waals surface area contributed by atoms with Crippen molar-refractivity contribution in [2.24, 2.45) is 0 Å². The summed E-state index contributed by atoms with van der Waals surface area (Å²) in [5, 5.41) is 21.6. The Balaban J connectivity index is 1.13. The molecule has 14 nitrogen and oxygen atoms in total. The molecule has 46 heavy (non-hydrogen) atoms. The zero-order chi connectivity index (χ0) is 32.4. The summed E-state index contributed by atoms with van der Waals surface area (Å²) >= 11 is 6.21. The highest BCUT2D eigenvalue weighted by Crippen LogP contribution is 2.36. The third-order valence-corrected chi connectivity index (χ3v) is 9.46. The molecule has 3 amide bonds. The maximum atomic E-state index is 13.4. The SMILES string of the molecule is COC1(N2CCN(c3ccc(C[C@@H](C(=O)O)N4CCN(c5cc(Cl)ccc5-n5cnnn5)C(=O)C4=O)cc3)C(=O)C2)CCCCC1. The summed E-state index contributed by atoms with van der Waals surface area (Å²) in [6.45, 7) is 1.51. The number of aromatic nitrogens is 4. The second kappa shape index (κ2) is 13.1. The van der Waals surface area contributed by atoms with Crippen LogP contribution in [0.25, 0.3) is 5.69 Å². The number of halogens is 1. The van der Waals surface area contributed by atoms with Crippen LogP contribution in [-0.4, -0.2) is 110 Å². The van der Waals surface area contributed by atoms with Crippen molar-refractivity contribution in [2.75, 3.05) is 49.6 Å². The van der Waals surface area contributed by atoms with E-state index in [-0.39, 0.29) is 37.7 Å². The number of hydrogen-bond donors (Lipinski definition) is 1. The first-order chi connectivity index (χ1) is 22.2. The number of carboxylic acid groups (broad SMARTS) is 1. The largest absolute Gasteiger partial charge is 0.480 e. The van der Waals surface area contributed by atoms with Gasteiger partial charge < -0.3 is 24.5 Å². The fourth-order valence-electron chi connectivity index (χ4n) is 6.77. The van der Waals surface area contributed by atoms with Crippen LogP contribution in [0.2, 0.25) is 5.02 Å². The van der Waals surface area contributed by atoms with Gasteiger partial charge in [0, 0.05) is 50.4 Å². The van der Waals surface area contributed by atoms with Crippen molar-refractivity contribution in [1.29, 1.82) is 0 Å². The molecular weight excluding hydrogens is 616 g/mol. The van der Waals surface area contributed by atoms with Gasteiger partial charge in [0.1, 0.15) is 18.1 Å². The van der Waals surface area contributed by atoms with Crippen molar-refractivity contribution >= 4 is 46.7 Å². The van der Waals surface area contributed by atoms with E-state index in [1.807, 2.05) is 0 Å². The van der Waals surface area contributed by atoms with Gasteiger partial charge in [-0.2, -0.15) is 4.68 Å². The fourth-order valence-corrected chi connectivity index (χ4v) is 6.93. The monoisotopic (exact) mass is 650 g/mol. The lowest BCUT2D eigenvalue weighted by molar-refractivity contribution is -0.166. The van der Waals surface area contributed by atoms with Crippen molar-refractivity contribution in [3.8, 4) is 5.69 Å². The fraction of sp³-hybridized carbons (Fsp3) is 0.452. The number of aliphatic carboxylic acids is 1. The van der Waals surface area contributed by atoms with E-state index < -0.39 is 23.8 Å². The molecule has 15 heteroatoms. The van der Waals surface area contributed by atoms with Crippen LogP contribution in [0.4, 0.5) is 11.4 Å². The number of benzene rings is 2. The molecule has 3 heterocycles. The Morgan fingerprint density at radius 2 is 1.70 bits per heavy atom. The van der Waals surface area contributed by atoms with Crippen molar-refractivity contribution < 1.29 is 29.0 Å². The summed E-state index contributed by atoms with van der Waals surface area (Å²) in [5.41, 5.74) is 1.75. The molecule has 6 rings (SSSR count). The summed E-state index contributed by atoms with van der Waals surface area (Å²) in [6, 6.07) is 10.6. The lowest BCUT2D eigenvalue weighted by atomic mass is 9.89. The van der Waals surface area contributed by atoms with Gasteiger partial charge in [0.15, 0.2) is 0 Å². The molecule has 3 aliphatic rings. The minimum Gasteiger partial charge on any atom is -0.480 e. The number of piperazine rings is 2. The Hall–Kier alpha value is -4.40. The number of rotatable bonds is 9. The Bertz CT molecular complexity index is 1610. The Kier molecular flexibility index (Phi) is 9.02. The van der Waals surface area contributed by atoms with E-state index in [1.54, 1.807) is 48.4 Å². The molecule has 0 unspecified atom stereocenters. The number of methoxy groups -OCH3 is 1. The topological polar surface area (TPSA) is 154 Å². The number of tetrazole rings is 1. The van der Waals surface area contributed by atoms with E-state index in [9.17, 15) is 24.3 Å². The number of amides is 3. The van der Waals surface area contributed by atoms with Gasteiger partial charge in [0.25, 0.3) is 0 Å². The van der Waals surface area contributed by atoms with Crippen LogP contribution in [0.1, 0.15) is 37.7 Å². The smallest absolute Gasteiger partial charge is 0.326 e. The van der Waals surface area contributed by atoms with Crippen molar-refractivity contribution in [1.82, 2.24) is 30.0 Å². The standard InChI is InChI=1S/C31H35ClN8O6/c1-46-31(11-3-2-4-12-31)36-13-14-37(27(41)19-36)23-8-5-21(6-9-23)17-26(30(44)45)39-16-15-38(28(42)29(39)43)25-18-22(32)7-10-24(25)40-20-33-34-35-40/h5-10,18,20,26H,2-4,11-17,19H2,1H3,(H,44,45)/t26-/m0/s1. The highest BCUT2D eigenvalue weighted by molar-refractivity contribution is 6.41. The minimum atomic E-state index is -1.27. The number of hydrogen-bond acceptors (Lipinski definition) is 9. The van der Waals surface area contributed by atoms with Crippen LogP contribution >= 0.6 is 11.6 Å².